The summed E-state index contributed by atoms with van der Waals surface area (Å²) >= 11 is 0. The second-order valence-corrected chi connectivity index (χ2v) is 3.28. The van der Waals surface area contributed by atoms with Crippen molar-refractivity contribution in [3.63, 3.8) is 0 Å². The summed E-state index contributed by atoms with van der Waals surface area (Å²) < 4.78 is 14.5. The molecule has 0 bridgehead atoms. The standard InChI is InChI=1S/C11H15NO5/c1-15-7-8-3-4-9(17-8)11(14)12-6-5-10(13)16-2/h3-4H,5-7H2,1-2H3,(H,12,14). The van der Waals surface area contributed by atoms with Gasteiger partial charge < -0.3 is 19.2 Å². The number of carbonyl (C=O) groups excluding carboxylic acids is 2. The molecule has 1 amide bonds. The number of hydrogen-bond donors (Lipinski definition) is 1. The maximum atomic E-state index is 11.5. The molecule has 1 N–H and O–H groups in total. The van der Waals surface area contributed by atoms with Gasteiger partial charge in [0.25, 0.3) is 5.91 Å². The van der Waals surface area contributed by atoms with E-state index in [-0.39, 0.29) is 30.6 Å². The molecule has 0 spiro atoms. The zero-order valence-corrected chi connectivity index (χ0v) is 9.82. The number of ether oxygens (including phenoxy) is 2. The number of esters is 1. The zero-order valence-electron chi connectivity index (χ0n) is 9.82. The molecule has 0 aliphatic heterocycles. The van der Waals surface area contributed by atoms with E-state index in [1.54, 1.807) is 19.2 Å². The molecule has 0 unspecified atom stereocenters. The molecule has 6 heteroatoms. The Morgan fingerprint density at radius 1 is 1.35 bits per heavy atom. The van der Waals surface area contributed by atoms with Gasteiger partial charge in [0, 0.05) is 13.7 Å². The van der Waals surface area contributed by atoms with E-state index in [2.05, 4.69) is 10.1 Å². The monoisotopic (exact) mass is 241 g/mol. The lowest BCUT2D eigenvalue weighted by Crippen LogP contribution is -2.25. The lowest BCUT2D eigenvalue weighted by atomic mass is 10.4. The van der Waals surface area contributed by atoms with Gasteiger partial charge in [-0.2, -0.15) is 0 Å². The highest BCUT2D eigenvalue weighted by molar-refractivity contribution is 5.91. The van der Waals surface area contributed by atoms with Gasteiger partial charge in [-0.05, 0) is 12.1 Å². The van der Waals surface area contributed by atoms with Gasteiger partial charge in [0.15, 0.2) is 5.76 Å². The lowest BCUT2D eigenvalue weighted by Gasteiger charge is -2.01. The molecule has 0 aromatic carbocycles. The van der Waals surface area contributed by atoms with Gasteiger partial charge in [-0.3, -0.25) is 9.59 Å². The van der Waals surface area contributed by atoms with E-state index in [1.165, 1.54) is 7.11 Å². The molecule has 0 aliphatic carbocycles. The van der Waals surface area contributed by atoms with E-state index in [0.29, 0.717) is 12.4 Å². The number of hydrogen-bond acceptors (Lipinski definition) is 5. The van der Waals surface area contributed by atoms with Gasteiger partial charge in [0.2, 0.25) is 0 Å². The molecule has 0 aliphatic rings. The van der Waals surface area contributed by atoms with Crippen molar-refractivity contribution >= 4 is 11.9 Å². The largest absolute Gasteiger partial charge is 0.469 e. The van der Waals surface area contributed by atoms with Crippen LogP contribution in [0, 0.1) is 0 Å². The predicted molar refractivity (Wildman–Crippen MR) is 58.4 cm³/mol. The van der Waals surface area contributed by atoms with Crippen LogP contribution in [0.2, 0.25) is 0 Å². The fourth-order valence-corrected chi connectivity index (χ4v) is 1.19. The second kappa shape index (κ2) is 6.70. The molecule has 6 nitrogen and oxygen atoms in total. The van der Waals surface area contributed by atoms with E-state index < -0.39 is 0 Å². The summed E-state index contributed by atoms with van der Waals surface area (Å²) in [5.74, 6) is 0.0357. The molecule has 0 saturated carbocycles. The molecule has 1 heterocycles. The van der Waals surface area contributed by atoms with Crippen LogP contribution in [-0.4, -0.2) is 32.6 Å². The maximum absolute atomic E-state index is 11.5. The summed E-state index contributed by atoms with van der Waals surface area (Å²) in [5.41, 5.74) is 0. The molecular formula is C11H15NO5. The molecule has 0 saturated heterocycles. The van der Waals surface area contributed by atoms with Crippen molar-refractivity contribution in [2.45, 2.75) is 13.0 Å². The Bertz CT molecular complexity index is 385. The second-order valence-electron chi connectivity index (χ2n) is 3.28. The average Bonchev–Trinajstić information content (AvgIpc) is 2.78. The van der Waals surface area contributed by atoms with Gasteiger partial charge >= 0.3 is 5.97 Å². The summed E-state index contributed by atoms with van der Waals surface area (Å²) in [6.45, 7) is 0.529. The van der Waals surface area contributed by atoms with Crippen LogP contribution in [-0.2, 0) is 20.9 Å². The quantitative estimate of drug-likeness (QED) is 0.742. The van der Waals surface area contributed by atoms with Crippen LogP contribution in [0.15, 0.2) is 16.5 Å². The van der Waals surface area contributed by atoms with E-state index in [9.17, 15) is 9.59 Å². The molecule has 0 fully saturated rings. The summed E-state index contributed by atoms with van der Waals surface area (Å²) in [7, 11) is 2.84. The van der Waals surface area contributed by atoms with Crippen LogP contribution in [0.25, 0.3) is 0 Å². The molecule has 94 valence electrons. The summed E-state index contributed by atoms with van der Waals surface area (Å²) in [6, 6.07) is 3.22. The molecule has 17 heavy (non-hydrogen) atoms. The molecule has 1 aromatic rings. The maximum Gasteiger partial charge on any atom is 0.307 e. The highest BCUT2D eigenvalue weighted by Crippen LogP contribution is 2.08. The minimum atomic E-state index is -0.371. The third-order valence-corrected chi connectivity index (χ3v) is 2.01. The smallest absolute Gasteiger partial charge is 0.307 e. The van der Waals surface area contributed by atoms with Crippen molar-refractivity contribution in [3.05, 3.63) is 23.7 Å². The lowest BCUT2D eigenvalue weighted by molar-refractivity contribution is -0.140. The zero-order chi connectivity index (χ0) is 12.7. The number of amides is 1. The molecule has 1 rings (SSSR count). The third kappa shape index (κ3) is 4.28. The van der Waals surface area contributed by atoms with E-state index in [0.717, 1.165) is 0 Å². The third-order valence-electron chi connectivity index (χ3n) is 2.01. The molecule has 0 radical (unpaired) electrons. The van der Waals surface area contributed by atoms with Gasteiger partial charge in [-0.15, -0.1) is 0 Å². The van der Waals surface area contributed by atoms with Crippen molar-refractivity contribution in [3.8, 4) is 0 Å². The Morgan fingerprint density at radius 2 is 2.12 bits per heavy atom. The minimum Gasteiger partial charge on any atom is -0.469 e. The van der Waals surface area contributed by atoms with Crippen LogP contribution >= 0.6 is 0 Å². The number of furan rings is 1. The molecule has 0 atom stereocenters. The summed E-state index contributed by atoms with van der Waals surface area (Å²) in [4.78, 5) is 22.3. The first-order valence-electron chi connectivity index (χ1n) is 5.10. The number of nitrogens with one attached hydrogen (secondary N) is 1. The topological polar surface area (TPSA) is 77.8 Å². The van der Waals surface area contributed by atoms with Crippen LogP contribution in [0.1, 0.15) is 22.7 Å². The van der Waals surface area contributed by atoms with Gasteiger partial charge in [-0.25, -0.2) is 0 Å². The first-order chi connectivity index (χ1) is 8.17. The minimum absolute atomic E-state index is 0.133. The Morgan fingerprint density at radius 3 is 2.76 bits per heavy atom. The van der Waals surface area contributed by atoms with Crippen LogP contribution in [0.4, 0.5) is 0 Å². The van der Waals surface area contributed by atoms with Crippen molar-refractivity contribution in [2.75, 3.05) is 20.8 Å². The van der Waals surface area contributed by atoms with Crippen molar-refractivity contribution in [2.24, 2.45) is 0 Å². The van der Waals surface area contributed by atoms with E-state index in [4.69, 9.17) is 9.15 Å². The van der Waals surface area contributed by atoms with E-state index >= 15 is 0 Å². The number of methoxy groups -OCH3 is 2. The highest BCUT2D eigenvalue weighted by Gasteiger charge is 2.11. The fourth-order valence-electron chi connectivity index (χ4n) is 1.19. The summed E-state index contributed by atoms with van der Waals surface area (Å²) in [6.07, 6.45) is 0.133. The normalized spacial score (nSPS) is 10.0. The van der Waals surface area contributed by atoms with Crippen molar-refractivity contribution in [1.82, 2.24) is 5.32 Å². The average molecular weight is 241 g/mol. The number of rotatable bonds is 6. The fraction of sp³-hybridized carbons (Fsp3) is 0.455. The van der Waals surface area contributed by atoms with Crippen LogP contribution < -0.4 is 5.32 Å². The SMILES string of the molecule is COCc1ccc(C(=O)NCCC(=O)OC)o1. The first-order valence-corrected chi connectivity index (χ1v) is 5.10. The Balaban J connectivity index is 2.38. The van der Waals surface area contributed by atoms with Crippen molar-refractivity contribution < 1.29 is 23.5 Å². The molecular weight excluding hydrogens is 226 g/mol. The van der Waals surface area contributed by atoms with Gasteiger partial charge in [-0.1, -0.05) is 0 Å². The van der Waals surface area contributed by atoms with Crippen LogP contribution in [0.5, 0.6) is 0 Å². The summed E-state index contributed by atoms with van der Waals surface area (Å²) in [5, 5.41) is 2.55. The molecule has 1 aromatic heterocycles. The van der Waals surface area contributed by atoms with Gasteiger partial charge in [0.05, 0.1) is 13.5 Å². The van der Waals surface area contributed by atoms with E-state index in [1.807, 2.05) is 0 Å². The Kier molecular flexibility index (Phi) is 5.22. The van der Waals surface area contributed by atoms with Crippen molar-refractivity contribution in [1.29, 1.82) is 0 Å². The Labute approximate surface area is 98.9 Å². The van der Waals surface area contributed by atoms with Crippen LogP contribution in [0.3, 0.4) is 0 Å². The number of carbonyl (C=O) groups is 2. The van der Waals surface area contributed by atoms with Gasteiger partial charge in [0.1, 0.15) is 12.4 Å². The first kappa shape index (κ1) is 13.2. The Hall–Kier alpha value is -1.82. The predicted octanol–water partition coefficient (Wildman–Crippen LogP) is 0.719. The highest BCUT2D eigenvalue weighted by atomic mass is 16.5.